The first-order valence-corrected chi connectivity index (χ1v) is 6.32. The smallest absolute Gasteiger partial charge is 0.201 e. The highest BCUT2D eigenvalue weighted by molar-refractivity contribution is 7.12. The minimum Gasteiger partial charge on any atom is -0.370 e. The van der Waals surface area contributed by atoms with E-state index >= 15 is 0 Å². The summed E-state index contributed by atoms with van der Waals surface area (Å²) in [5, 5.41) is 1.97. The molecular formula is C12H16O2S. The second-order valence-corrected chi connectivity index (χ2v) is 4.93. The highest BCUT2D eigenvalue weighted by atomic mass is 32.1. The van der Waals surface area contributed by atoms with Crippen LogP contribution in [0.15, 0.2) is 11.4 Å². The van der Waals surface area contributed by atoms with Gasteiger partial charge in [-0.1, -0.05) is 0 Å². The fourth-order valence-corrected chi connectivity index (χ4v) is 2.65. The molecule has 0 amide bonds. The van der Waals surface area contributed by atoms with Crippen molar-refractivity contribution in [2.24, 2.45) is 5.92 Å². The maximum Gasteiger partial charge on any atom is 0.201 e. The lowest BCUT2D eigenvalue weighted by atomic mass is 10.1. The van der Waals surface area contributed by atoms with Crippen molar-refractivity contribution < 1.29 is 9.53 Å². The minimum atomic E-state index is -0.188. The van der Waals surface area contributed by atoms with E-state index in [1.54, 1.807) is 0 Å². The molecule has 2 nitrogen and oxygen atoms in total. The van der Waals surface area contributed by atoms with Crippen LogP contribution in [0, 0.1) is 12.8 Å². The van der Waals surface area contributed by atoms with Gasteiger partial charge >= 0.3 is 0 Å². The van der Waals surface area contributed by atoms with Crippen molar-refractivity contribution in [2.45, 2.75) is 32.8 Å². The zero-order valence-electron chi connectivity index (χ0n) is 9.16. The molecule has 0 saturated heterocycles. The number of carbonyl (C=O) groups is 1. The van der Waals surface area contributed by atoms with Crippen molar-refractivity contribution in [3.8, 4) is 0 Å². The van der Waals surface area contributed by atoms with Gasteiger partial charge in [0.15, 0.2) is 0 Å². The van der Waals surface area contributed by atoms with Crippen LogP contribution in [-0.2, 0) is 4.74 Å². The molecule has 1 fully saturated rings. The van der Waals surface area contributed by atoms with Crippen LogP contribution in [0.3, 0.4) is 0 Å². The van der Waals surface area contributed by atoms with E-state index in [4.69, 9.17) is 4.74 Å². The molecule has 82 valence electrons. The number of ether oxygens (including phenoxy) is 1. The Morgan fingerprint density at radius 3 is 2.87 bits per heavy atom. The van der Waals surface area contributed by atoms with Crippen molar-refractivity contribution in [1.82, 2.24) is 0 Å². The van der Waals surface area contributed by atoms with Crippen LogP contribution in [0.25, 0.3) is 0 Å². The van der Waals surface area contributed by atoms with Crippen molar-refractivity contribution in [3.05, 3.63) is 21.9 Å². The molecular weight excluding hydrogens is 208 g/mol. The van der Waals surface area contributed by atoms with Crippen LogP contribution in [0.1, 0.15) is 35.0 Å². The molecule has 1 aliphatic carbocycles. The lowest BCUT2D eigenvalue weighted by molar-refractivity contribution is 0.0378. The number of thiophene rings is 1. The summed E-state index contributed by atoms with van der Waals surface area (Å²) in [6.45, 7) is 4.56. The Hall–Kier alpha value is -0.670. The first-order valence-electron chi connectivity index (χ1n) is 5.44. The molecule has 1 heterocycles. The average Bonchev–Trinajstić information content (AvgIpc) is 2.97. The summed E-state index contributed by atoms with van der Waals surface area (Å²) < 4.78 is 5.56. The van der Waals surface area contributed by atoms with Crippen LogP contribution in [0.5, 0.6) is 0 Å². The summed E-state index contributed by atoms with van der Waals surface area (Å²) in [5.74, 6) is 0.658. The van der Waals surface area contributed by atoms with Gasteiger partial charge in [-0.3, -0.25) is 4.79 Å². The molecule has 2 rings (SSSR count). The maximum absolute atomic E-state index is 12.2. The lowest BCUT2D eigenvalue weighted by Crippen LogP contribution is -2.26. The highest BCUT2D eigenvalue weighted by Gasteiger charge is 2.37. The Labute approximate surface area is 94.3 Å². The van der Waals surface area contributed by atoms with Gasteiger partial charge in [-0.25, -0.2) is 0 Å². The molecule has 0 spiro atoms. The van der Waals surface area contributed by atoms with Crippen LogP contribution in [0.4, 0.5) is 0 Å². The van der Waals surface area contributed by atoms with Gasteiger partial charge in [0.1, 0.15) is 6.10 Å². The molecule has 1 saturated carbocycles. The molecule has 0 radical (unpaired) electrons. The Balaban J connectivity index is 2.14. The van der Waals surface area contributed by atoms with Crippen LogP contribution < -0.4 is 0 Å². The fraction of sp³-hybridized carbons (Fsp3) is 0.583. The van der Waals surface area contributed by atoms with Gasteiger partial charge in [0.25, 0.3) is 0 Å². The number of carbonyl (C=O) groups excluding carboxylic acids is 1. The number of hydrogen-bond donors (Lipinski definition) is 0. The second kappa shape index (κ2) is 4.45. The van der Waals surface area contributed by atoms with E-state index in [0.717, 1.165) is 23.3 Å². The molecule has 1 atom stereocenters. The molecule has 0 N–H and O–H groups in total. The van der Waals surface area contributed by atoms with Crippen LogP contribution in [-0.4, -0.2) is 18.5 Å². The van der Waals surface area contributed by atoms with Crippen LogP contribution in [0.2, 0.25) is 0 Å². The third kappa shape index (κ3) is 2.29. The molecule has 0 bridgehead atoms. The molecule has 0 aromatic carbocycles. The van der Waals surface area contributed by atoms with E-state index in [9.17, 15) is 4.79 Å². The Kier molecular flexibility index (Phi) is 3.22. The number of hydrogen-bond acceptors (Lipinski definition) is 3. The molecule has 1 unspecified atom stereocenters. The first-order chi connectivity index (χ1) is 7.24. The molecule has 1 aliphatic rings. The first kappa shape index (κ1) is 10.8. The quantitative estimate of drug-likeness (QED) is 0.718. The Bertz CT molecular complexity index is 352. The molecule has 15 heavy (non-hydrogen) atoms. The fourth-order valence-electron chi connectivity index (χ4n) is 1.76. The van der Waals surface area contributed by atoms with E-state index in [0.29, 0.717) is 12.5 Å². The van der Waals surface area contributed by atoms with Gasteiger partial charge in [-0.15, -0.1) is 11.3 Å². The zero-order valence-corrected chi connectivity index (χ0v) is 9.97. The molecule has 1 aromatic rings. The summed E-state index contributed by atoms with van der Waals surface area (Å²) in [5.41, 5.74) is 1.08. The number of Topliss-reactive ketones (excluding diaryl/α,β-unsaturated/α-hetero) is 1. The number of aryl methyl sites for hydroxylation is 1. The molecule has 1 aromatic heterocycles. The second-order valence-electron chi connectivity index (χ2n) is 4.01. The normalized spacial score (nSPS) is 17.7. The summed E-state index contributed by atoms with van der Waals surface area (Å²) in [7, 11) is 0. The van der Waals surface area contributed by atoms with Gasteiger partial charge in [-0.2, -0.15) is 0 Å². The summed E-state index contributed by atoms with van der Waals surface area (Å²) in [4.78, 5) is 13.1. The molecule has 0 aliphatic heterocycles. The van der Waals surface area contributed by atoms with E-state index in [-0.39, 0.29) is 11.9 Å². The van der Waals surface area contributed by atoms with Crippen molar-refractivity contribution in [1.29, 1.82) is 0 Å². The van der Waals surface area contributed by atoms with Gasteiger partial charge in [0, 0.05) is 6.61 Å². The third-order valence-corrected chi connectivity index (χ3v) is 3.77. The van der Waals surface area contributed by atoms with Gasteiger partial charge < -0.3 is 4.74 Å². The zero-order chi connectivity index (χ0) is 10.8. The van der Waals surface area contributed by atoms with Crippen molar-refractivity contribution in [3.63, 3.8) is 0 Å². The van der Waals surface area contributed by atoms with E-state index in [1.807, 2.05) is 25.3 Å². The van der Waals surface area contributed by atoms with E-state index < -0.39 is 0 Å². The third-order valence-electron chi connectivity index (χ3n) is 2.74. The largest absolute Gasteiger partial charge is 0.370 e. The van der Waals surface area contributed by atoms with E-state index in [2.05, 4.69) is 0 Å². The highest BCUT2D eigenvalue weighted by Crippen LogP contribution is 2.36. The Morgan fingerprint density at radius 1 is 1.67 bits per heavy atom. The van der Waals surface area contributed by atoms with Gasteiger partial charge in [-0.05, 0) is 49.6 Å². The van der Waals surface area contributed by atoms with Crippen molar-refractivity contribution in [2.75, 3.05) is 6.61 Å². The maximum atomic E-state index is 12.2. The topological polar surface area (TPSA) is 26.3 Å². The predicted molar refractivity (Wildman–Crippen MR) is 61.5 cm³/mol. The SMILES string of the molecule is CCOC(C(=O)c1sccc1C)C1CC1. The average molecular weight is 224 g/mol. The minimum absolute atomic E-state index is 0.187. The lowest BCUT2D eigenvalue weighted by Gasteiger charge is -2.14. The van der Waals surface area contributed by atoms with Crippen LogP contribution >= 0.6 is 11.3 Å². The standard InChI is InChI=1S/C12H16O2S/c1-3-14-11(9-4-5-9)10(13)12-8(2)6-7-15-12/h6-7,9,11H,3-5H2,1-2H3. The summed E-state index contributed by atoms with van der Waals surface area (Å²) in [6, 6.07) is 1.99. The summed E-state index contributed by atoms with van der Waals surface area (Å²) in [6.07, 6.45) is 2.09. The predicted octanol–water partition coefficient (Wildman–Crippen LogP) is 3.05. The monoisotopic (exact) mass is 224 g/mol. The summed E-state index contributed by atoms with van der Waals surface area (Å²) >= 11 is 1.53. The number of rotatable bonds is 5. The van der Waals surface area contributed by atoms with E-state index in [1.165, 1.54) is 11.3 Å². The molecule has 3 heteroatoms. The number of ketones is 1. The van der Waals surface area contributed by atoms with Crippen molar-refractivity contribution >= 4 is 17.1 Å². The Morgan fingerprint density at radius 2 is 2.40 bits per heavy atom. The van der Waals surface area contributed by atoms with Gasteiger partial charge in [0.2, 0.25) is 5.78 Å². The van der Waals surface area contributed by atoms with Gasteiger partial charge in [0.05, 0.1) is 4.88 Å².